The second-order valence-electron chi connectivity index (χ2n) is 5.25. The number of carbonyl (C=O) groups excluding carboxylic acids is 1. The average molecular weight is 363 g/mol. The first-order valence-corrected chi connectivity index (χ1v) is 8.66. The number of halogens is 1. The van der Waals surface area contributed by atoms with Gasteiger partial charge in [0.2, 0.25) is 15.9 Å². The quantitative estimate of drug-likeness (QED) is 0.758. The van der Waals surface area contributed by atoms with E-state index in [0.717, 1.165) is 0 Å². The molecule has 7 nitrogen and oxygen atoms in total. The number of carboxylic acids is 1. The highest BCUT2D eigenvalue weighted by molar-refractivity contribution is 7.89. The highest BCUT2D eigenvalue weighted by Crippen LogP contribution is 2.14. The Bertz CT molecular complexity index is 675. The molecule has 1 aromatic carbocycles. The summed E-state index contributed by atoms with van der Waals surface area (Å²) in [6.07, 6.45) is 0. The van der Waals surface area contributed by atoms with E-state index in [-0.39, 0.29) is 11.4 Å². The Morgan fingerprint density at radius 3 is 2.26 bits per heavy atom. The Kier molecular flexibility index (Phi) is 6.55. The summed E-state index contributed by atoms with van der Waals surface area (Å²) >= 11 is 5.71. The van der Waals surface area contributed by atoms with Crippen molar-refractivity contribution < 1.29 is 23.1 Å². The maximum absolute atomic E-state index is 12.2. The van der Waals surface area contributed by atoms with Gasteiger partial charge in [0, 0.05) is 18.6 Å². The standard InChI is InChI=1S/C14H19ClN2O5S/c1-9(14(19)20)8-17(3)13(18)10(2)16-23(21,22)12-6-4-11(15)5-7-12/h4-7,9-10,16H,8H2,1-3H3,(H,19,20). The number of hydrogen-bond acceptors (Lipinski definition) is 4. The van der Waals surface area contributed by atoms with Crippen LogP contribution in [-0.4, -0.2) is 49.9 Å². The van der Waals surface area contributed by atoms with Crippen molar-refractivity contribution in [2.24, 2.45) is 5.92 Å². The zero-order valence-electron chi connectivity index (χ0n) is 13.0. The molecule has 1 rings (SSSR count). The summed E-state index contributed by atoms with van der Waals surface area (Å²) in [5.74, 6) is -2.29. The molecule has 1 aromatic rings. The van der Waals surface area contributed by atoms with Crippen molar-refractivity contribution in [3.05, 3.63) is 29.3 Å². The topological polar surface area (TPSA) is 104 Å². The van der Waals surface area contributed by atoms with E-state index in [1.54, 1.807) is 0 Å². The number of likely N-dealkylation sites (N-methyl/N-ethyl adjacent to an activating group) is 1. The lowest BCUT2D eigenvalue weighted by Gasteiger charge is -2.23. The molecule has 2 N–H and O–H groups in total. The zero-order chi connectivity index (χ0) is 17.8. The molecule has 0 saturated heterocycles. The predicted molar refractivity (Wildman–Crippen MR) is 85.7 cm³/mol. The van der Waals surface area contributed by atoms with Gasteiger partial charge in [-0.25, -0.2) is 8.42 Å². The van der Waals surface area contributed by atoms with E-state index >= 15 is 0 Å². The van der Waals surface area contributed by atoms with Crippen molar-refractivity contribution in [1.29, 1.82) is 0 Å². The van der Waals surface area contributed by atoms with Crippen LogP contribution >= 0.6 is 11.6 Å². The summed E-state index contributed by atoms with van der Waals surface area (Å²) in [6.45, 7) is 2.85. The van der Waals surface area contributed by atoms with Gasteiger partial charge in [-0.15, -0.1) is 0 Å². The predicted octanol–water partition coefficient (Wildman–Crippen LogP) is 1.19. The van der Waals surface area contributed by atoms with Crippen LogP contribution in [0, 0.1) is 5.92 Å². The minimum absolute atomic E-state index is 0.0110. The lowest BCUT2D eigenvalue weighted by Crippen LogP contribution is -2.47. The minimum atomic E-state index is -3.87. The lowest BCUT2D eigenvalue weighted by atomic mass is 10.1. The van der Waals surface area contributed by atoms with Crippen LogP contribution in [0.2, 0.25) is 5.02 Å². The lowest BCUT2D eigenvalue weighted by molar-refractivity contribution is -0.142. The first-order chi connectivity index (χ1) is 10.5. The van der Waals surface area contributed by atoms with Crippen molar-refractivity contribution >= 4 is 33.5 Å². The molecule has 128 valence electrons. The van der Waals surface area contributed by atoms with Gasteiger partial charge in [0.25, 0.3) is 0 Å². The second-order valence-corrected chi connectivity index (χ2v) is 7.41. The largest absolute Gasteiger partial charge is 0.481 e. The molecule has 2 atom stereocenters. The monoisotopic (exact) mass is 362 g/mol. The van der Waals surface area contributed by atoms with Crippen LogP contribution in [0.1, 0.15) is 13.8 Å². The number of nitrogens with zero attached hydrogens (tertiary/aromatic N) is 1. The minimum Gasteiger partial charge on any atom is -0.481 e. The molecule has 0 aliphatic rings. The number of amides is 1. The van der Waals surface area contributed by atoms with Gasteiger partial charge in [0.15, 0.2) is 0 Å². The van der Waals surface area contributed by atoms with Crippen molar-refractivity contribution in [3.63, 3.8) is 0 Å². The maximum atomic E-state index is 12.2. The molecule has 0 bridgehead atoms. The third-order valence-corrected chi connectivity index (χ3v) is 4.98. The molecule has 0 saturated carbocycles. The number of rotatable bonds is 7. The molecule has 2 unspecified atom stereocenters. The number of hydrogen-bond donors (Lipinski definition) is 2. The molecule has 0 aliphatic carbocycles. The summed E-state index contributed by atoms with van der Waals surface area (Å²) in [5.41, 5.74) is 0. The Balaban J connectivity index is 2.77. The van der Waals surface area contributed by atoms with Gasteiger partial charge in [-0.2, -0.15) is 4.72 Å². The Labute approximate surface area is 140 Å². The van der Waals surface area contributed by atoms with Crippen molar-refractivity contribution in [1.82, 2.24) is 9.62 Å². The Morgan fingerprint density at radius 1 is 1.26 bits per heavy atom. The Morgan fingerprint density at radius 2 is 1.78 bits per heavy atom. The number of carbonyl (C=O) groups is 2. The van der Waals surface area contributed by atoms with Crippen LogP contribution in [-0.2, 0) is 19.6 Å². The fourth-order valence-electron chi connectivity index (χ4n) is 1.87. The van der Waals surface area contributed by atoms with Crippen LogP contribution in [0.25, 0.3) is 0 Å². The maximum Gasteiger partial charge on any atom is 0.308 e. The molecule has 9 heteroatoms. The van der Waals surface area contributed by atoms with Gasteiger partial charge >= 0.3 is 5.97 Å². The van der Waals surface area contributed by atoms with Crippen LogP contribution in [0.5, 0.6) is 0 Å². The molecular weight excluding hydrogens is 344 g/mol. The van der Waals surface area contributed by atoms with E-state index in [0.29, 0.717) is 5.02 Å². The number of benzene rings is 1. The molecular formula is C14H19ClN2O5S. The third-order valence-electron chi connectivity index (χ3n) is 3.17. The Hall–Kier alpha value is -1.64. The first kappa shape index (κ1) is 19.4. The zero-order valence-corrected chi connectivity index (χ0v) is 14.6. The molecule has 0 fully saturated rings. The normalized spacial score (nSPS) is 14.1. The summed E-state index contributed by atoms with van der Waals surface area (Å²) in [7, 11) is -2.45. The molecule has 0 aromatic heterocycles. The van der Waals surface area contributed by atoms with E-state index in [1.165, 1.54) is 50.1 Å². The van der Waals surface area contributed by atoms with Gasteiger partial charge < -0.3 is 10.0 Å². The molecule has 0 aliphatic heterocycles. The average Bonchev–Trinajstić information content (AvgIpc) is 2.46. The molecule has 23 heavy (non-hydrogen) atoms. The van der Waals surface area contributed by atoms with Crippen LogP contribution in [0.15, 0.2) is 29.2 Å². The molecule has 0 radical (unpaired) electrons. The van der Waals surface area contributed by atoms with Crippen LogP contribution in [0.4, 0.5) is 0 Å². The summed E-state index contributed by atoms with van der Waals surface area (Å²) in [4.78, 5) is 24.1. The van der Waals surface area contributed by atoms with Gasteiger partial charge in [-0.05, 0) is 31.2 Å². The number of carboxylic acid groups (broad SMARTS) is 1. The van der Waals surface area contributed by atoms with E-state index < -0.39 is 33.9 Å². The van der Waals surface area contributed by atoms with Crippen LogP contribution < -0.4 is 4.72 Å². The van der Waals surface area contributed by atoms with Crippen molar-refractivity contribution in [3.8, 4) is 0 Å². The molecule has 0 spiro atoms. The van der Waals surface area contributed by atoms with Gasteiger partial charge in [0.05, 0.1) is 16.9 Å². The van der Waals surface area contributed by atoms with Gasteiger partial charge in [-0.3, -0.25) is 9.59 Å². The molecule has 1 amide bonds. The van der Waals surface area contributed by atoms with Gasteiger partial charge in [0.1, 0.15) is 0 Å². The SMILES string of the molecule is CC(CN(C)C(=O)C(C)NS(=O)(=O)c1ccc(Cl)cc1)C(=O)O. The summed E-state index contributed by atoms with van der Waals surface area (Å²) in [5, 5.41) is 9.25. The third kappa shape index (κ3) is 5.49. The molecule has 0 heterocycles. The van der Waals surface area contributed by atoms with Crippen molar-refractivity contribution in [2.75, 3.05) is 13.6 Å². The number of nitrogens with one attached hydrogen (secondary N) is 1. The summed E-state index contributed by atoms with van der Waals surface area (Å²) in [6, 6.07) is 4.50. The highest BCUT2D eigenvalue weighted by atomic mass is 35.5. The van der Waals surface area contributed by atoms with Gasteiger partial charge in [-0.1, -0.05) is 18.5 Å². The van der Waals surface area contributed by atoms with E-state index in [2.05, 4.69) is 4.72 Å². The number of aliphatic carboxylic acids is 1. The summed E-state index contributed by atoms with van der Waals surface area (Å²) < 4.78 is 26.7. The van der Waals surface area contributed by atoms with Crippen LogP contribution in [0.3, 0.4) is 0 Å². The first-order valence-electron chi connectivity index (χ1n) is 6.80. The fraction of sp³-hybridized carbons (Fsp3) is 0.429. The van der Waals surface area contributed by atoms with E-state index in [1.807, 2.05) is 0 Å². The van der Waals surface area contributed by atoms with E-state index in [9.17, 15) is 18.0 Å². The van der Waals surface area contributed by atoms with Crippen molar-refractivity contribution in [2.45, 2.75) is 24.8 Å². The second kappa shape index (κ2) is 7.76. The van der Waals surface area contributed by atoms with E-state index in [4.69, 9.17) is 16.7 Å². The number of sulfonamides is 1. The highest BCUT2D eigenvalue weighted by Gasteiger charge is 2.26. The smallest absolute Gasteiger partial charge is 0.308 e. The fourth-order valence-corrected chi connectivity index (χ4v) is 3.20.